The van der Waals surface area contributed by atoms with Crippen LogP contribution in [0.5, 0.6) is 0 Å². The molecule has 0 heterocycles. The zero-order valence-corrected chi connectivity index (χ0v) is 11.4. The number of hydrogen-bond acceptors (Lipinski definition) is 0. The van der Waals surface area contributed by atoms with Crippen LogP contribution in [0.2, 0.25) is 0 Å². The van der Waals surface area contributed by atoms with Gasteiger partial charge in [0.1, 0.15) is 0 Å². The quantitative estimate of drug-likeness (QED) is 0.388. The highest BCUT2D eigenvalue weighted by Gasteiger charge is 2.92. The van der Waals surface area contributed by atoms with Gasteiger partial charge in [0.15, 0.2) is 6.47 Å². The van der Waals surface area contributed by atoms with Gasteiger partial charge in [0.05, 0.1) is 0 Å². The normalized spacial score (nSPS) is 34.0. The maximum absolute atomic E-state index is 12.7. The van der Waals surface area contributed by atoms with Crippen LogP contribution < -0.4 is 0 Å². The summed E-state index contributed by atoms with van der Waals surface area (Å²) in [6.45, 7) is 0. The van der Waals surface area contributed by atoms with Crippen molar-refractivity contribution >= 4 is 63.7 Å². The molecule has 1 rings (SSSR count). The molecule has 0 saturated heterocycles. The summed E-state index contributed by atoms with van der Waals surface area (Å²) in [7, 11) is 0. The molecule has 1 saturated carbocycles. The van der Waals surface area contributed by atoms with E-state index in [1.165, 1.54) is 0 Å². The molecule has 0 nitrogen and oxygen atoms in total. The molecule has 0 aromatic rings. The van der Waals surface area contributed by atoms with Crippen LogP contribution in [0.25, 0.3) is 0 Å². The molecule has 0 unspecified atom stereocenters. The van der Waals surface area contributed by atoms with E-state index < -0.39 is 18.3 Å². The van der Waals surface area contributed by atoms with Gasteiger partial charge in [-0.2, -0.15) is 17.6 Å². The summed E-state index contributed by atoms with van der Waals surface area (Å²) in [5, 5.41) is 0. The molecule has 8 heteroatoms. The Labute approximate surface area is 99.0 Å². The molecule has 0 bridgehead atoms. The summed E-state index contributed by atoms with van der Waals surface area (Å²) in [5.74, 6) is -8.29. The fraction of sp³-hybridized carbons (Fsp3) is 1.00. The highest BCUT2D eigenvalue weighted by Crippen LogP contribution is 2.76. The fourth-order valence-electron chi connectivity index (χ4n) is 0.726. The maximum Gasteiger partial charge on any atom is 0.339 e. The first-order valence-electron chi connectivity index (χ1n) is 2.51. The fourth-order valence-corrected chi connectivity index (χ4v) is 2.72. The van der Waals surface area contributed by atoms with Crippen molar-refractivity contribution in [3.05, 3.63) is 0 Å². The highest BCUT2D eigenvalue weighted by atomic mass is 79.9. The van der Waals surface area contributed by atoms with Crippen LogP contribution in [0.3, 0.4) is 0 Å². The van der Waals surface area contributed by atoms with E-state index in [2.05, 4.69) is 63.7 Å². The van der Waals surface area contributed by atoms with E-state index in [4.69, 9.17) is 0 Å². The Balaban J connectivity index is 3.16. The molecule has 1 aliphatic carbocycles. The Hall–Kier alpha value is 1.64. The molecule has 1 fully saturated rings. The minimum atomic E-state index is -4.15. The van der Waals surface area contributed by atoms with E-state index in [0.717, 1.165) is 0 Å². The van der Waals surface area contributed by atoms with E-state index in [9.17, 15) is 17.6 Å². The Bertz CT molecular complexity index is 159. The van der Waals surface area contributed by atoms with Gasteiger partial charge in [-0.25, -0.2) is 0 Å². The van der Waals surface area contributed by atoms with Gasteiger partial charge in [0.25, 0.3) is 0 Å². The van der Waals surface area contributed by atoms with Gasteiger partial charge in [0, 0.05) is 0 Å². The monoisotopic (exact) mass is 440 g/mol. The summed E-state index contributed by atoms with van der Waals surface area (Å²) in [6.07, 6.45) is 0. The minimum absolute atomic E-state index is 2.18. The van der Waals surface area contributed by atoms with Gasteiger partial charge in [0.2, 0.25) is 0 Å². The van der Waals surface area contributed by atoms with Crippen LogP contribution >= 0.6 is 63.7 Å². The van der Waals surface area contributed by atoms with Crippen molar-refractivity contribution in [2.45, 2.75) is 18.3 Å². The van der Waals surface area contributed by atoms with E-state index in [1.807, 2.05) is 0 Å². The van der Waals surface area contributed by atoms with E-state index in [1.54, 1.807) is 0 Å². The first-order chi connectivity index (χ1) is 5.00. The van der Waals surface area contributed by atoms with Crippen LogP contribution in [0.4, 0.5) is 17.6 Å². The van der Waals surface area contributed by atoms with E-state index in [0.29, 0.717) is 0 Å². The third-order valence-corrected chi connectivity index (χ3v) is 8.08. The van der Waals surface area contributed by atoms with Crippen LogP contribution in [0.15, 0.2) is 0 Å². The smallest absolute Gasteiger partial charge is 0.197 e. The highest BCUT2D eigenvalue weighted by molar-refractivity contribution is 9.30. The average molecular weight is 444 g/mol. The summed E-state index contributed by atoms with van der Waals surface area (Å²) in [6, 6.07) is 0. The summed E-state index contributed by atoms with van der Waals surface area (Å²) >= 11 is 9.90. The van der Waals surface area contributed by atoms with Gasteiger partial charge in [-0.1, -0.05) is 63.7 Å². The molecule has 0 aliphatic heterocycles. The Kier molecular flexibility index (Phi) is 2.54. The van der Waals surface area contributed by atoms with Crippen molar-refractivity contribution < 1.29 is 17.6 Å². The lowest BCUT2D eigenvalue weighted by atomic mass is 9.88. The molecule has 12 heavy (non-hydrogen) atoms. The van der Waals surface area contributed by atoms with Crippen molar-refractivity contribution in [2.75, 3.05) is 0 Å². The SMILES string of the molecule is FC1(F)C(F)(F)C(Br)(Br)C1(Br)Br. The lowest BCUT2D eigenvalue weighted by molar-refractivity contribution is -0.273. The van der Waals surface area contributed by atoms with Crippen molar-refractivity contribution in [1.82, 2.24) is 0 Å². The third kappa shape index (κ3) is 0.930. The van der Waals surface area contributed by atoms with Crippen LogP contribution in [-0.4, -0.2) is 18.3 Å². The predicted octanol–water partition coefficient (Wildman–Crippen LogP) is 4.24. The van der Waals surface area contributed by atoms with Crippen LogP contribution in [0.1, 0.15) is 0 Å². The Morgan fingerprint density at radius 1 is 0.583 bits per heavy atom. The Morgan fingerprint density at radius 2 is 0.750 bits per heavy atom. The van der Waals surface area contributed by atoms with Crippen LogP contribution in [0, 0.1) is 0 Å². The lowest BCUT2D eigenvalue weighted by Gasteiger charge is -2.56. The Morgan fingerprint density at radius 3 is 0.833 bits per heavy atom. The van der Waals surface area contributed by atoms with E-state index in [-0.39, 0.29) is 0 Å². The third-order valence-electron chi connectivity index (χ3n) is 1.58. The zero-order chi connectivity index (χ0) is 10.0. The minimum Gasteiger partial charge on any atom is -0.197 e. The van der Waals surface area contributed by atoms with Crippen molar-refractivity contribution in [3.8, 4) is 0 Å². The topological polar surface area (TPSA) is 0 Å². The summed E-state index contributed by atoms with van der Waals surface area (Å²) in [4.78, 5) is 0. The van der Waals surface area contributed by atoms with Crippen molar-refractivity contribution in [3.63, 3.8) is 0 Å². The van der Waals surface area contributed by atoms with E-state index >= 15 is 0 Å². The van der Waals surface area contributed by atoms with Gasteiger partial charge in [-0.15, -0.1) is 0 Å². The number of alkyl halides is 8. The number of halogens is 8. The standard InChI is InChI=1S/C4Br4F4/c5-1(6)2(7,8)4(11,12)3(1,9)10. The summed E-state index contributed by atoms with van der Waals surface area (Å²) < 4.78 is 46.4. The predicted molar refractivity (Wildman–Crippen MR) is 51.1 cm³/mol. The molecule has 1 aliphatic rings. The summed E-state index contributed by atoms with van der Waals surface area (Å²) in [5.41, 5.74) is 0. The molecule has 0 radical (unpaired) electrons. The van der Waals surface area contributed by atoms with Crippen LogP contribution in [-0.2, 0) is 0 Å². The molecule has 72 valence electrons. The second-order valence-corrected chi connectivity index (χ2v) is 9.18. The molecular formula is C4Br4F4. The maximum atomic E-state index is 12.7. The molecule has 0 aromatic carbocycles. The zero-order valence-electron chi connectivity index (χ0n) is 5.02. The molecule has 0 amide bonds. The second-order valence-electron chi connectivity index (χ2n) is 2.30. The number of rotatable bonds is 0. The van der Waals surface area contributed by atoms with Crippen molar-refractivity contribution in [1.29, 1.82) is 0 Å². The van der Waals surface area contributed by atoms with Gasteiger partial charge >= 0.3 is 11.8 Å². The second kappa shape index (κ2) is 2.61. The largest absolute Gasteiger partial charge is 0.339 e. The van der Waals surface area contributed by atoms with Gasteiger partial charge in [-0.3, -0.25) is 0 Å². The molecule has 0 atom stereocenters. The number of hydrogen-bond donors (Lipinski definition) is 0. The average Bonchev–Trinajstić information content (AvgIpc) is 1.84. The molecule has 0 spiro atoms. The molecule has 0 N–H and O–H groups in total. The van der Waals surface area contributed by atoms with Crippen molar-refractivity contribution in [2.24, 2.45) is 0 Å². The molecular weight excluding hydrogens is 444 g/mol. The first-order valence-corrected chi connectivity index (χ1v) is 5.68. The first kappa shape index (κ1) is 11.7. The lowest BCUT2D eigenvalue weighted by Crippen LogP contribution is -2.79. The molecule has 0 aromatic heterocycles. The van der Waals surface area contributed by atoms with Gasteiger partial charge in [-0.05, 0) is 0 Å². The van der Waals surface area contributed by atoms with Gasteiger partial charge < -0.3 is 0 Å².